The number of aliphatic imine (C=N–C) groups is 1. The van der Waals surface area contributed by atoms with Crippen LogP contribution < -0.4 is 5.32 Å². The number of aromatic nitrogens is 1. The molecule has 6 aliphatic carbocycles. The molecule has 0 saturated heterocycles. The van der Waals surface area contributed by atoms with Crippen LogP contribution >= 0.6 is 11.3 Å². The van der Waals surface area contributed by atoms with Crippen LogP contribution in [0.1, 0.15) is 92.4 Å². The zero-order valence-electron chi connectivity index (χ0n) is 34.4. The maximum absolute atomic E-state index is 7.19. The van der Waals surface area contributed by atoms with Crippen molar-refractivity contribution in [3.05, 3.63) is 154 Å². The molecule has 12 rings (SSSR count). The summed E-state index contributed by atoms with van der Waals surface area (Å²) in [5, 5.41) is 5.53. The van der Waals surface area contributed by atoms with Gasteiger partial charge >= 0.3 is 0 Å². The standard InChI is InChI=1S/C53H54N4OS/c1-32-29-42(53-55-51(35-15-7-4-8-16-35)54-52(56(53)2)36-23-21-34(22-24-36)33-13-5-3-6-14-33)48-41-26-25-37(31-45(41)58-46(48)30-32)57-43-19-11-9-18-40(43)49-44(57)28-27-39-38-17-10-12-20-47(38)59-50(39)49/h3,5-7,10-15,17,19-21,23,25-26,29,32,35,37,46,48,51-52,54H,4,8-9,16,18,22,24,27-28,30-31H2,1-2H3/t32-,35?,37?,46?,48?,51?,52?/m1/s1. The highest BCUT2D eigenvalue weighted by Crippen LogP contribution is 2.53. The summed E-state index contributed by atoms with van der Waals surface area (Å²) in [4.78, 5) is 9.68. The van der Waals surface area contributed by atoms with E-state index in [1.54, 1.807) is 16.7 Å². The van der Waals surface area contributed by atoms with Gasteiger partial charge in [0.2, 0.25) is 0 Å². The summed E-state index contributed by atoms with van der Waals surface area (Å²) in [7, 11) is 2.28. The fraction of sp³-hybridized carbons (Fsp3) is 0.377. The summed E-state index contributed by atoms with van der Waals surface area (Å²) in [5.74, 6) is 3.37. The molecule has 0 amide bonds. The van der Waals surface area contributed by atoms with E-state index in [1.807, 2.05) is 11.3 Å². The Morgan fingerprint density at radius 3 is 2.64 bits per heavy atom. The van der Waals surface area contributed by atoms with Crippen LogP contribution in [0.15, 0.2) is 131 Å². The Morgan fingerprint density at radius 1 is 0.881 bits per heavy atom. The number of benzene rings is 2. The van der Waals surface area contributed by atoms with Gasteiger partial charge < -0.3 is 14.2 Å². The lowest BCUT2D eigenvalue weighted by molar-refractivity contribution is 0.0921. The Hall–Kier alpha value is -4.91. The molecule has 2 aromatic carbocycles. The van der Waals surface area contributed by atoms with Crippen LogP contribution in [-0.4, -0.2) is 40.8 Å². The molecule has 0 bridgehead atoms. The minimum absolute atomic E-state index is 0.0439. The highest BCUT2D eigenvalue weighted by Gasteiger charge is 2.47. The first-order valence-corrected chi connectivity index (χ1v) is 23.3. The van der Waals surface area contributed by atoms with Gasteiger partial charge in [-0.05, 0) is 115 Å². The number of ether oxygens (including phenoxy) is 1. The molecule has 4 aromatic rings. The summed E-state index contributed by atoms with van der Waals surface area (Å²) in [5.41, 5.74) is 14.6. The Morgan fingerprint density at radius 2 is 1.78 bits per heavy atom. The van der Waals surface area contributed by atoms with Crippen LogP contribution in [-0.2, 0) is 24.0 Å². The van der Waals surface area contributed by atoms with Gasteiger partial charge in [0, 0.05) is 57.1 Å². The van der Waals surface area contributed by atoms with Crippen LogP contribution in [0.25, 0.3) is 32.2 Å². The summed E-state index contributed by atoms with van der Waals surface area (Å²) >= 11 is 2.01. The molecule has 8 aliphatic rings. The number of likely N-dealkylation sites (N-methyl/N-ethyl adjacent to an activating group) is 1. The number of fused-ring (bicyclic) bond motifs is 9. The largest absolute Gasteiger partial charge is 0.493 e. The Balaban J connectivity index is 0.889. The van der Waals surface area contributed by atoms with Crippen LogP contribution in [0.2, 0.25) is 0 Å². The number of thiophene rings is 1. The molecular weight excluding hydrogens is 741 g/mol. The lowest BCUT2D eigenvalue weighted by Gasteiger charge is -2.45. The summed E-state index contributed by atoms with van der Waals surface area (Å²) in [6, 6.07) is 20.2. The molecule has 4 heterocycles. The fourth-order valence-corrected chi connectivity index (χ4v) is 13.3. The zero-order valence-corrected chi connectivity index (χ0v) is 35.2. The summed E-state index contributed by atoms with van der Waals surface area (Å²) in [6.07, 6.45) is 34.3. The fourth-order valence-electron chi connectivity index (χ4n) is 12.0. The number of nitrogens with one attached hydrogen (secondary N) is 1. The quantitative estimate of drug-likeness (QED) is 0.205. The monoisotopic (exact) mass is 794 g/mol. The number of hydrogen-bond acceptors (Lipinski definition) is 5. The van der Waals surface area contributed by atoms with Gasteiger partial charge in [0.05, 0.1) is 12.0 Å². The van der Waals surface area contributed by atoms with E-state index < -0.39 is 0 Å². The molecule has 6 unspecified atom stereocenters. The molecule has 2 aromatic heterocycles. The summed E-state index contributed by atoms with van der Waals surface area (Å²) < 4.78 is 11.3. The average Bonchev–Trinajstić information content (AvgIpc) is 3.96. The number of nitrogens with zero attached hydrogens (tertiary/aromatic N) is 3. The predicted octanol–water partition coefficient (Wildman–Crippen LogP) is 11.9. The topological polar surface area (TPSA) is 41.8 Å². The smallest absolute Gasteiger partial charge is 0.130 e. The van der Waals surface area contributed by atoms with E-state index in [1.165, 1.54) is 79.2 Å². The predicted molar refractivity (Wildman–Crippen MR) is 244 cm³/mol. The molecule has 0 radical (unpaired) electrons. The number of rotatable bonds is 5. The van der Waals surface area contributed by atoms with E-state index >= 15 is 0 Å². The molecule has 5 nitrogen and oxygen atoms in total. The number of hydrogen-bond donors (Lipinski definition) is 1. The van der Waals surface area contributed by atoms with Crippen molar-refractivity contribution in [2.24, 2.45) is 22.7 Å². The van der Waals surface area contributed by atoms with Gasteiger partial charge in [-0.3, -0.25) is 5.32 Å². The first-order chi connectivity index (χ1) is 29.1. The van der Waals surface area contributed by atoms with Crippen molar-refractivity contribution in [1.82, 2.24) is 14.8 Å². The van der Waals surface area contributed by atoms with E-state index in [-0.39, 0.29) is 30.4 Å². The first kappa shape index (κ1) is 36.0. The lowest BCUT2D eigenvalue weighted by Crippen LogP contribution is -2.58. The number of amidine groups is 1. The van der Waals surface area contributed by atoms with Gasteiger partial charge in [0.15, 0.2) is 0 Å². The number of aryl methyl sites for hydroxylation is 1. The molecular formula is C53H54N4OS. The minimum Gasteiger partial charge on any atom is -0.493 e. The Labute approximate surface area is 353 Å². The molecule has 0 spiro atoms. The van der Waals surface area contributed by atoms with Gasteiger partial charge in [-0.15, -0.1) is 11.3 Å². The molecule has 0 fully saturated rings. The second kappa shape index (κ2) is 14.4. The molecule has 7 atom stereocenters. The molecule has 6 heteroatoms. The van der Waals surface area contributed by atoms with Gasteiger partial charge in [0.25, 0.3) is 0 Å². The van der Waals surface area contributed by atoms with Crippen molar-refractivity contribution in [2.75, 3.05) is 7.05 Å². The molecule has 59 heavy (non-hydrogen) atoms. The molecule has 1 N–H and O–H groups in total. The maximum atomic E-state index is 7.19. The van der Waals surface area contributed by atoms with E-state index in [2.05, 4.69) is 138 Å². The van der Waals surface area contributed by atoms with E-state index in [0.717, 1.165) is 57.2 Å². The van der Waals surface area contributed by atoms with Crippen LogP contribution in [0.4, 0.5) is 0 Å². The normalized spacial score (nSPS) is 29.5. The van der Waals surface area contributed by atoms with Crippen molar-refractivity contribution < 1.29 is 4.74 Å². The van der Waals surface area contributed by atoms with Crippen molar-refractivity contribution in [3.63, 3.8) is 0 Å². The van der Waals surface area contributed by atoms with Crippen LogP contribution in [0.3, 0.4) is 0 Å². The third-order valence-electron chi connectivity index (χ3n) is 14.7. The van der Waals surface area contributed by atoms with Gasteiger partial charge in [0.1, 0.15) is 30.0 Å². The lowest BCUT2D eigenvalue weighted by atomic mass is 9.75. The average molecular weight is 795 g/mol. The second-order valence-corrected chi connectivity index (χ2v) is 19.3. The Kier molecular flexibility index (Phi) is 8.77. The van der Waals surface area contributed by atoms with E-state index in [0.29, 0.717) is 11.8 Å². The third kappa shape index (κ3) is 5.91. The van der Waals surface area contributed by atoms with E-state index in [9.17, 15) is 0 Å². The van der Waals surface area contributed by atoms with Crippen LogP contribution in [0.5, 0.6) is 0 Å². The van der Waals surface area contributed by atoms with Crippen molar-refractivity contribution in [2.45, 2.75) is 102 Å². The van der Waals surface area contributed by atoms with E-state index in [4.69, 9.17) is 9.73 Å². The highest BCUT2D eigenvalue weighted by atomic mass is 32.1. The second-order valence-electron chi connectivity index (χ2n) is 18.3. The zero-order chi connectivity index (χ0) is 39.2. The van der Waals surface area contributed by atoms with Crippen molar-refractivity contribution >= 4 is 38.9 Å². The van der Waals surface area contributed by atoms with Gasteiger partial charge in [-0.1, -0.05) is 104 Å². The maximum Gasteiger partial charge on any atom is 0.130 e. The highest BCUT2D eigenvalue weighted by molar-refractivity contribution is 7.22. The minimum atomic E-state index is 0.0439. The molecule has 298 valence electrons. The van der Waals surface area contributed by atoms with Gasteiger partial charge in [-0.2, -0.15) is 0 Å². The van der Waals surface area contributed by atoms with Crippen molar-refractivity contribution in [3.8, 4) is 10.4 Å². The SMILES string of the molecule is C[C@@H]1C=C(C2=NC(C3C=CCCC3)NC(C3=CC=C(c4ccccc4)CC3)N2C)C2C3=C(CC(n4c5c(c6c4CCc4c-6sc6ccccc46)CCC=C5)C=C3)OC2C1. The van der Waals surface area contributed by atoms with Crippen LogP contribution in [0, 0.1) is 17.8 Å². The number of allylic oxidation sites excluding steroid dienone is 9. The molecule has 2 aliphatic heterocycles. The summed E-state index contributed by atoms with van der Waals surface area (Å²) in [6.45, 7) is 2.38. The Bertz CT molecular complexity index is 2620. The van der Waals surface area contributed by atoms with Crippen molar-refractivity contribution in [1.29, 1.82) is 0 Å². The van der Waals surface area contributed by atoms with Gasteiger partial charge in [-0.25, -0.2) is 4.99 Å². The first-order valence-electron chi connectivity index (χ1n) is 22.5. The third-order valence-corrected chi connectivity index (χ3v) is 15.9. The molecule has 0 saturated carbocycles.